The summed E-state index contributed by atoms with van der Waals surface area (Å²) in [6.45, 7) is 3.70. The van der Waals surface area contributed by atoms with Gasteiger partial charge in [0.25, 0.3) is 0 Å². The zero-order chi connectivity index (χ0) is 13.2. The van der Waals surface area contributed by atoms with Crippen LogP contribution in [0.15, 0.2) is 24.3 Å². The Hall–Kier alpha value is -1.39. The van der Waals surface area contributed by atoms with E-state index >= 15 is 0 Å². The van der Waals surface area contributed by atoms with Crippen molar-refractivity contribution in [1.29, 1.82) is 0 Å². The normalized spacial score (nSPS) is 10.3. The van der Waals surface area contributed by atoms with Gasteiger partial charge in [0.2, 0.25) is 5.91 Å². The number of ether oxygens (including phenoxy) is 1. The molecule has 4 nitrogen and oxygen atoms in total. The van der Waals surface area contributed by atoms with E-state index in [2.05, 4.69) is 5.32 Å². The minimum absolute atomic E-state index is 0.00359. The summed E-state index contributed by atoms with van der Waals surface area (Å²) in [5.74, 6) is 0.0162. The molecule has 0 radical (unpaired) electrons. The fourth-order valence-electron chi connectivity index (χ4n) is 1.65. The number of rotatable bonds is 8. The second-order valence-corrected chi connectivity index (χ2v) is 4.00. The van der Waals surface area contributed by atoms with Crippen molar-refractivity contribution in [3.63, 3.8) is 0 Å². The number of aliphatic hydroxyl groups excluding tert-OH is 1. The second-order valence-electron chi connectivity index (χ2n) is 4.00. The molecule has 1 aromatic rings. The van der Waals surface area contributed by atoms with Crippen LogP contribution in [-0.4, -0.2) is 24.2 Å². The first kappa shape index (κ1) is 14.7. The predicted octanol–water partition coefficient (Wildman–Crippen LogP) is 1.61. The van der Waals surface area contributed by atoms with Crippen molar-refractivity contribution in [2.45, 2.75) is 32.9 Å². The third-order valence-electron chi connectivity index (χ3n) is 2.66. The van der Waals surface area contributed by atoms with Gasteiger partial charge in [-0.2, -0.15) is 0 Å². The first-order chi connectivity index (χ1) is 8.77. The topological polar surface area (TPSA) is 58.6 Å². The van der Waals surface area contributed by atoms with E-state index in [1.807, 2.05) is 31.2 Å². The summed E-state index contributed by atoms with van der Waals surface area (Å²) in [4.78, 5) is 11.5. The van der Waals surface area contributed by atoms with Crippen molar-refractivity contribution >= 4 is 5.91 Å². The molecule has 0 spiro atoms. The number of benzene rings is 1. The summed E-state index contributed by atoms with van der Waals surface area (Å²) in [5.41, 5.74) is 1.81. The molecule has 1 aromatic carbocycles. The summed E-state index contributed by atoms with van der Waals surface area (Å²) in [7, 11) is 0. The maximum Gasteiger partial charge on any atom is 0.220 e. The maximum absolute atomic E-state index is 11.5. The molecule has 0 fully saturated rings. The molecular weight excluding hydrogens is 230 g/mol. The van der Waals surface area contributed by atoms with E-state index in [9.17, 15) is 4.79 Å². The molecular formula is C14H21NO3. The van der Waals surface area contributed by atoms with Gasteiger partial charge in [-0.15, -0.1) is 0 Å². The minimum atomic E-state index is -0.00359. The summed E-state index contributed by atoms with van der Waals surface area (Å²) < 4.78 is 5.17. The Kier molecular flexibility index (Phi) is 7.06. The van der Waals surface area contributed by atoms with Crippen LogP contribution in [0, 0.1) is 0 Å². The SMILES string of the molecule is CCOCCCC(=O)NCc1ccccc1CO. The number of carbonyl (C=O) groups is 1. The molecule has 18 heavy (non-hydrogen) atoms. The van der Waals surface area contributed by atoms with Crippen molar-refractivity contribution < 1.29 is 14.6 Å². The maximum atomic E-state index is 11.5. The number of aliphatic hydroxyl groups is 1. The number of hydrogen-bond donors (Lipinski definition) is 2. The van der Waals surface area contributed by atoms with Gasteiger partial charge >= 0.3 is 0 Å². The van der Waals surface area contributed by atoms with Gasteiger partial charge in [0, 0.05) is 26.2 Å². The van der Waals surface area contributed by atoms with Gasteiger partial charge in [0.15, 0.2) is 0 Å². The van der Waals surface area contributed by atoms with E-state index in [1.165, 1.54) is 0 Å². The van der Waals surface area contributed by atoms with Crippen LogP contribution >= 0.6 is 0 Å². The van der Waals surface area contributed by atoms with Gasteiger partial charge in [-0.1, -0.05) is 24.3 Å². The van der Waals surface area contributed by atoms with Crippen molar-refractivity contribution in [3.8, 4) is 0 Å². The van der Waals surface area contributed by atoms with Gasteiger partial charge < -0.3 is 15.2 Å². The highest BCUT2D eigenvalue weighted by atomic mass is 16.5. The molecule has 4 heteroatoms. The van der Waals surface area contributed by atoms with Crippen LogP contribution in [0.4, 0.5) is 0 Å². The van der Waals surface area contributed by atoms with E-state index < -0.39 is 0 Å². The van der Waals surface area contributed by atoms with Crippen LogP contribution in [0.3, 0.4) is 0 Å². The Morgan fingerprint density at radius 3 is 2.72 bits per heavy atom. The molecule has 0 aromatic heterocycles. The third kappa shape index (κ3) is 5.29. The van der Waals surface area contributed by atoms with E-state index in [-0.39, 0.29) is 12.5 Å². The number of carbonyl (C=O) groups excluding carboxylic acids is 1. The molecule has 2 N–H and O–H groups in total. The lowest BCUT2D eigenvalue weighted by Crippen LogP contribution is -2.23. The predicted molar refractivity (Wildman–Crippen MR) is 69.9 cm³/mol. The first-order valence-electron chi connectivity index (χ1n) is 6.30. The molecule has 0 aliphatic heterocycles. The number of amides is 1. The third-order valence-corrected chi connectivity index (χ3v) is 2.66. The molecule has 0 bridgehead atoms. The van der Waals surface area contributed by atoms with E-state index in [0.717, 1.165) is 17.5 Å². The van der Waals surface area contributed by atoms with Gasteiger partial charge in [-0.3, -0.25) is 4.79 Å². The quantitative estimate of drug-likeness (QED) is 0.690. The Morgan fingerprint density at radius 1 is 1.33 bits per heavy atom. The molecule has 0 atom stereocenters. The van der Waals surface area contributed by atoms with Crippen molar-refractivity contribution in [1.82, 2.24) is 5.32 Å². The van der Waals surface area contributed by atoms with Crippen molar-refractivity contribution in [2.24, 2.45) is 0 Å². The molecule has 0 saturated heterocycles. The Labute approximate surface area is 108 Å². The second kappa shape index (κ2) is 8.66. The van der Waals surface area contributed by atoms with Crippen LogP contribution in [0.1, 0.15) is 30.9 Å². The largest absolute Gasteiger partial charge is 0.392 e. The summed E-state index contributed by atoms with van der Waals surface area (Å²) in [5, 5.41) is 12.0. The van der Waals surface area contributed by atoms with E-state index in [4.69, 9.17) is 9.84 Å². The lowest BCUT2D eigenvalue weighted by molar-refractivity contribution is -0.121. The average Bonchev–Trinajstić information content (AvgIpc) is 2.41. The molecule has 1 amide bonds. The zero-order valence-corrected chi connectivity index (χ0v) is 10.8. The highest BCUT2D eigenvalue weighted by Crippen LogP contribution is 2.08. The molecule has 0 aliphatic carbocycles. The summed E-state index contributed by atoms with van der Waals surface area (Å²) in [6.07, 6.45) is 1.21. The van der Waals surface area contributed by atoms with Crippen molar-refractivity contribution in [3.05, 3.63) is 35.4 Å². The monoisotopic (exact) mass is 251 g/mol. The van der Waals surface area contributed by atoms with Gasteiger partial charge in [0.05, 0.1) is 6.61 Å². The molecule has 0 heterocycles. The number of nitrogens with one attached hydrogen (secondary N) is 1. The van der Waals surface area contributed by atoms with Crippen LogP contribution in [0.25, 0.3) is 0 Å². The molecule has 0 saturated carbocycles. The number of hydrogen-bond acceptors (Lipinski definition) is 3. The Morgan fingerprint density at radius 2 is 2.06 bits per heavy atom. The highest BCUT2D eigenvalue weighted by molar-refractivity contribution is 5.75. The van der Waals surface area contributed by atoms with E-state index in [1.54, 1.807) is 0 Å². The summed E-state index contributed by atoms with van der Waals surface area (Å²) in [6, 6.07) is 7.54. The van der Waals surface area contributed by atoms with Gasteiger partial charge in [0.1, 0.15) is 0 Å². The fourth-order valence-corrected chi connectivity index (χ4v) is 1.65. The standard InChI is InChI=1S/C14H21NO3/c1-2-18-9-5-8-14(17)15-10-12-6-3-4-7-13(12)11-16/h3-4,6-7,16H,2,5,8-11H2,1H3,(H,15,17). The smallest absolute Gasteiger partial charge is 0.220 e. The lowest BCUT2D eigenvalue weighted by atomic mass is 10.1. The zero-order valence-electron chi connectivity index (χ0n) is 10.8. The molecule has 100 valence electrons. The van der Waals surface area contributed by atoms with Crippen LogP contribution in [0.2, 0.25) is 0 Å². The highest BCUT2D eigenvalue weighted by Gasteiger charge is 2.04. The van der Waals surface area contributed by atoms with Gasteiger partial charge in [-0.25, -0.2) is 0 Å². The molecule has 0 aliphatic rings. The van der Waals surface area contributed by atoms with Gasteiger partial charge in [-0.05, 0) is 24.5 Å². The average molecular weight is 251 g/mol. The minimum Gasteiger partial charge on any atom is -0.392 e. The van der Waals surface area contributed by atoms with Crippen LogP contribution in [-0.2, 0) is 22.7 Å². The van der Waals surface area contributed by atoms with E-state index in [0.29, 0.717) is 26.2 Å². The van der Waals surface area contributed by atoms with Crippen LogP contribution < -0.4 is 5.32 Å². The Bertz CT molecular complexity index is 366. The molecule has 0 unspecified atom stereocenters. The first-order valence-corrected chi connectivity index (χ1v) is 6.30. The lowest BCUT2D eigenvalue weighted by Gasteiger charge is -2.09. The Balaban J connectivity index is 2.29. The fraction of sp³-hybridized carbons (Fsp3) is 0.500. The summed E-state index contributed by atoms with van der Waals surface area (Å²) >= 11 is 0. The van der Waals surface area contributed by atoms with Crippen LogP contribution in [0.5, 0.6) is 0 Å². The van der Waals surface area contributed by atoms with Crippen molar-refractivity contribution in [2.75, 3.05) is 13.2 Å². The molecule has 1 rings (SSSR count).